The van der Waals surface area contributed by atoms with Crippen LogP contribution in [-0.2, 0) is 0 Å². The van der Waals surface area contributed by atoms with Gasteiger partial charge in [-0.25, -0.2) is 9.97 Å². The van der Waals surface area contributed by atoms with Crippen LogP contribution in [0.1, 0.15) is 29.9 Å². The first kappa shape index (κ1) is 18.9. The summed E-state index contributed by atoms with van der Waals surface area (Å²) >= 11 is 12.3. The van der Waals surface area contributed by atoms with E-state index in [0.29, 0.717) is 27.0 Å². The number of halogens is 2. The number of hydrogen-bond donors (Lipinski definition) is 1. The van der Waals surface area contributed by atoms with Gasteiger partial charge in [0.15, 0.2) is 5.65 Å². The van der Waals surface area contributed by atoms with E-state index in [1.54, 1.807) is 22.9 Å². The molecule has 2 aromatic heterocycles. The fourth-order valence-electron chi connectivity index (χ4n) is 4.55. The SMILES string of the molecule is O=C(c1nc2cccnc2n1-c1ccc(Cl)c(Cl)c1)N1CCC2(CCCNC2)C1. The van der Waals surface area contributed by atoms with Gasteiger partial charge in [-0.05, 0) is 56.1 Å². The Morgan fingerprint density at radius 1 is 1.17 bits per heavy atom. The van der Waals surface area contributed by atoms with Gasteiger partial charge < -0.3 is 10.2 Å². The average Bonchev–Trinajstić information content (AvgIpc) is 3.32. The standard InChI is InChI=1S/C21H21Cl2N5O/c22-15-5-4-14(11-16(15)23)28-18-17(3-1-9-25-18)26-19(28)20(29)27-10-7-21(13-27)6-2-8-24-12-21/h1,3-5,9,11,24H,2,6-8,10,12-13H2. The van der Waals surface area contributed by atoms with Crippen molar-refractivity contribution in [2.24, 2.45) is 5.41 Å². The molecular weight excluding hydrogens is 409 g/mol. The number of imidazole rings is 1. The molecule has 5 rings (SSSR count). The van der Waals surface area contributed by atoms with E-state index in [1.165, 1.54) is 0 Å². The Morgan fingerprint density at radius 3 is 2.86 bits per heavy atom. The molecule has 2 saturated heterocycles. The minimum Gasteiger partial charge on any atom is -0.335 e. The topological polar surface area (TPSA) is 63.1 Å². The maximum absolute atomic E-state index is 13.5. The van der Waals surface area contributed by atoms with Gasteiger partial charge in [0.2, 0.25) is 5.82 Å². The van der Waals surface area contributed by atoms with Gasteiger partial charge >= 0.3 is 0 Å². The van der Waals surface area contributed by atoms with Gasteiger partial charge in [0, 0.05) is 31.2 Å². The minimum absolute atomic E-state index is 0.0727. The first-order valence-electron chi connectivity index (χ1n) is 9.85. The molecule has 0 bridgehead atoms. The van der Waals surface area contributed by atoms with Crippen molar-refractivity contribution in [2.75, 3.05) is 26.2 Å². The molecule has 0 aliphatic carbocycles. The summed E-state index contributed by atoms with van der Waals surface area (Å²) in [4.78, 5) is 24.6. The number of fused-ring (bicyclic) bond motifs is 1. The highest BCUT2D eigenvalue weighted by atomic mass is 35.5. The van der Waals surface area contributed by atoms with Crippen LogP contribution in [0, 0.1) is 5.41 Å². The zero-order valence-electron chi connectivity index (χ0n) is 15.9. The maximum Gasteiger partial charge on any atom is 0.290 e. The second-order valence-corrected chi connectivity index (χ2v) is 8.79. The van der Waals surface area contributed by atoms with Crippen LogP contribution in [0.15, 0.2) is 36.5 Å². The Morgan fingerprint density at radius 2 is 2.07 bits per heavy atom. The molecule has 3 aromatic rings. The number of piperidine rings is 1. The van der Waals surface area contributed by atoms with Crippen LogP contribution in [-0.4, -0.2) is 51.5 Å². The number of carbonyl (C=O) groups excluding carboxylic acids is 1. The van der Waals surface area contributed by atoms with Gasteiger partial charge in [-0.2, -0.15) is 0 Å². The molecule has 1 atom stereocenters. The molecule has 1 N–H and O–H groups in total. The molecule has 8 heteroatoms. The molecule has 2 fully saturated rings. The fourth-order valence-corrected chi connectivity index (χ4v) is 4.85. The Bertz CT molecular complexity index is 1090. The number of likely N-dealkylation sites (tertiary alicyclic amines) is 1. The van der Waals surface area contributed by atoms with E-state index in [4.69, 9.17) is 23.2 Å². The third-order valence-corrected chi connectivity index (χ3v) is 6.79. The molecule has 4 heterocycles. The predicted molar refractivity (Wildman–Crippen MR) is 114 cm³/mol. The summed E-state index contributed by atoms with van der Waals surface area (Å²) in [7, 11) is 0. The molecule has 1 aromatic carbocycles. The van der Waals surface area contributed by atoms with E-state index < -0.39 is 0 Å². The van der Waals surface area contributed by atoms with Crippen molar-refractivity contribution in [3.63, 3.8) is 0 Å². The minimum atomic E-state index is -0.0727. The Kier molecular flexibility index (Phi) is 4.73. The highest BCUT2D eigenvalue weighted by Crippen LogP contribution is 2.37. The molecule has 29 heavy (non-hydrogen) atoms. The van der Waals surface area contributed by atoms with Crippen molar-refractivity contribution in [3.05, 3.63) is 52.4 Å². The lowest BCUT2D eigenvalue weighted by atomic mass is 9.80. The predicted octanol–water partition coefficient (Wildman–Crippen LogP) is 3.94. The van der Waals surface area contributed by atoms with Crippen molar-refractivity contribution in [1.82, 2.24) is 24.8 Å². The van der Waals surface area contributed by atoms with Crippen LogP contribution in [0.4, 0.5) is 0 Å². The highest BCUT2D eigenvalue weighted by Gasteiger charge is 2.41. The molecule has 1 unspecified atom stereocenters. The zero-order valence-corrected chi connectivity index (χ0v) is 17.4. The van der Waals surface area contributed by atoms with E-state index in [-0.39, 0.29) is 11.3 Å². The van der Waals surface area contributed by atoms with Gasteiger partial charge in [-0.15, -0.1) is 0 Å². The Hall–Kier alpha value is -2.15. The molecule has 0 radical (unpaired) electrons. The third-order valence-electron chi connectivity index (χ3n) is 6.05. The van der Waals surface area contributed by atoms with Gasteiger partial charge in [0.25, 0.3) is 5.91 Å². The Labute approximate surface area is 178 Å². The second kappa shape index (κ2) is 7.27. The monoisotopic (exact) mass is 429 g/mol. The summed E-state index contributed by atoms with van der Waals surface area (Å²) in [6, 6.07) is 8.98. The molecular formula is C21H21Cl2N5O. The summed E-state index contributed by atoms with van der Waals surface area (Å²) < 4.78 is 1.78. The van der Waals surface area contributed by atoms with Crippen LogP contribution >= 0.6 is 23.2 Å². The molecule has 1 amide bonds. The van der Waals surface area contributed by atoms with Gasteiger partial charge in [-0.1, -0.05) is 23.2 Å². The number of carbonyl (C=O) groups is 1. The molecule has 0 saturated carbocycles. The number of pyridine rings is 1. The van der Waals surface area contributed by atoms with Crippen molar-refractivity contribution in [3.8, 4) is 5.69 Å². The zero-order chi connectivity index (χ0) is 20.0. The summed E-state index contributed by atoms with van der Waals surface area (Å²) in [6.07, 6.45) is 5.05. The van der Waals surface area contributed by atoms with Gasteiger partial charge in [-0.3, -0.25) is 9.36 Å². The molecule has 2 aliphatic rings. The number of amides is 1. The normalized spacial score (nSPS) is 21.9. The van der Waals surface area contributed by atoms with Crippen LogP contribution in [0.25, 0.3) is 16.9 Å². The molecule has 150 valence electrons. The summed E-state index contributed by atoms with van der Waals surface area (Å²) in [6.45, 7) is 3.55. The lowest BCUT2D eigenvalue weighted by Crippen LogP contribution is -2.43. The number of nitrogens with zero attached hydrogens (tertiary/aromatic N) is 4. The lowest BCUT2D eigenvalue weighted by Gasteiger charge is -2.33. The van der Waals surface area contributed by atoms with Crippen LogP contribution in [0.3, 0.4) is 0 Å². The van der Waals surface area contributed by atoms with E-state index in [9.17, 15) is 4.79 Å². The second-order valence-electron chi connectivity index (χ2n) is 7.97. The average molecular weight is 430 g/mol. The number of rotatable bonds is 2. The molecule has 2 aliphatic heterocycles. The summed E-state index contributed by atoms with van der Waals surface area (Å²) in [5.41, 5.74) is 2.21. The van der Waals surface area contributed by atoms with E-state index in [0.717, 1.165) is 51.1 Å². The van der Waals surface area contributed by atoms with Crippen molar-refractivity contribution >= 4 is 40.3 Å². The van der Waals surface area contributed by atoms with E-state index in [1.807, 2.05) is 23.1 Å². The summed E-state index contributed by atoms with van der Waals surface area (Å²) in [5, 5.41) is 4.38. The number of hydrogen-bond acceptors (Lipinski definition) is 4. The Balaban J connectivity index is 1.56. The van der Waals surface area contributed by atoms with E-state index >= 15 is 0 Å². The third kappa shape index (κ3) is 3.29. The first-order valence-corrected chi connectivity index (χ1v) is 10.6. The van der Waals surface area contributed by atoms with Crippen molar-refractivity contribution < 1.29 is 4.79 Å². The summed E-state index contributed by atoms with van der Waals surface area (Å²) in [5.74, 6) is 0.287. The number of benzene rings is 1. The van der Waals surface area contributed by atoms with Crippen LogP contribution < -0.4 is 5.32 Å². The fraction of sp³-hybridized carbons (Fsp3) is 0.381. The quantitative estimate of drug-likeness (QED) is 0.669. The largest absolute Gasteiger partial charge is 0.335 e. The van der Waals surface area contributed by atoms with Crippen LogP contribution in [0.2, 0.25) is 10.0 Å². The first-order chi connectivity index (χ1) is 14.1. The van der Waals surface area contributed by atoms with Crippen LogP contribution in [0.5, 0.6) is 0 Å². The van der Waals surface area contributed by atoms with Crippen molar-refractivity contribution in [1.29, 1.82) is 0 Å². The van der Waals surface area contributed by atoms with E-state index in [2.05, 4.69) is 15.3 Å². The lowest BCUT2D eigenvalue weighted by molar-refractivity contribution is 0.0750. The van der Waals surface area contributed by atoms with Crippen molar-refractivity contribution in [2.45, 2.75) is 19.3 Å². The number of nitrogens with one attached hydrogen (secondary N) is 1. The maximum atomic E-state index is 13.5. The molecule has 1 spiro atoms. The highest BCUT2D eigenvalue weighted by molar-refractivity contribution is 6.42. The van der Waals surface area contributed by atoms with Gasteiger partial charge in [0.1, 0.15) is 5.52 Å². The smallest absolute Gasteiger partial charge is 0.290 e. The number of aromatic nitrogens is 3. The van der Waals surface area contributed by atoms with Gasteiger partial charge in [0.05, 0.1) is 15.7 Å². The molecule has 6 nitrogen and oxygen atoms in total.